The molecule has 2 heterocycles. The van der Waals surface area contributed by atoms with Crippen LogP contribution in [0.2, 0.25) is 0 Å². The molecule has 0 radical (unpaired) electrons. The van der Waals surface area contributed by atoms with Crippen molar-refractivity contribution >= 4 is 5.91 Å². The molecule has 1 aliphatic rings. The fourth-order valence-corrected chi connectivity index (χ4v) is 2.27. The van der Waals surface area contributed by atoms with Crippen LogP contribution >= 0.6 is 0 Å². The van der Waals surface area contributed by atoms with E-state index in [1.807, 2.05) is 4.90 Å². The topological polar surface area (TPSA) is 75.0 Å². The van der Waals surface area contributed by atoms with E-state index in [0.29, 0.717) is 18.2 Å². The van der Waals surface area contributed by atoms with Crippen molar-refractivity contribution in [2.45, 2.75) is 25.8 Å². The van der Waals surface area contributed by atoms with E-state index in [2.05, 4.69) is 16.9 Å². The Morgan fingerprint density at radius 3 is 3.19 bits per heavy atom. The molecule has 0 saturated carbocycles. The zero-order chi connectivity index (χ0) is 11.5. The van der Waals surface area contributed by atoms with Gasteiger partial charge in [-0.15, -0.1) is 0 Å². The van der Waals surface area contributed by atoms with Gasteiger partial charge in [-0.1, -0.05) is 6.92 Å². The second-order valence-electron chi connectivity index (χ2n) is 4.48. The number of nitrogens with two attached hydrogens (primary N) is 1. The predicted octanol–water partition coefficient (Wildman–Crippen LogP) is 0.609. The lowest BCUT2D eigenvalue weighted by Gasteiger charge is -2.37. The fraction of sp³-hybridized carbons (Fsp3) is 0.636. The molecule has 2 unspecified atom stereocenters. The summed E-state index contributed by atoms with van der Waals surface area (Å²) in [5.41, 5.74) is 6.28. The number of hydrogen-bond donors (Lipinski definition) is 2. The molecule has 1 saturated heterocycles. The minimum Gasteiger partial charge on any atom is -0.341 e. The molecule has 0 bridgehead atoms. The number of aromatic amines is 1. The molecular formula is C11H18N4O. The molecular weight excluding hydrogens is 204 g/mol. The average molecular weight is 222 g/mol. The van der Waals surface area contributed by atoms with Crippen molar-refractivity contribution in [3.63, 3.8) is 0 Å². The number of nitrogens with one attached hydrogen (secondary N) is 1. The fourth-order valence-electron chi connectivity index (χ4n) is 2.27. The Balaban J connectivity index is 2.10. The summed E-state index contributed by atoms with van der Waals surface area (Å²) in [4.78, 5) is 20.7. The van der Waals surface area contributed by atoms with Crippen LogP contribution in [0.3, 0.4) is 0 Å². The number of hydrogen-bond acceptors (Lipinski definition) is 3. The van der Waals surface area contributed by atoms with Gasteiger partial charge in [0, 0.05) is 19.1 Å². The van der Waals surface area contributed by atoms with Gasteiger partial charge in [-0.05, 0) is 18.8 Å². The van der Waals surface area contributed by atoms with E-state index in [-0.39, 0.29) is 11.9 Å². The van der Waals surface area contributed by atoms with Gasteiger partial charge in [0.25, 0.3) is 5.91 Å². The molecule has 1 amide bonds. The summed E-state index contributed by atoms with van der Waals surface area (Å²) >= 11 is 0. The molecule has 1 aromatic heterocycles. The van der Waals surface area contributed by atoms with Gasteiger partial charge in [-0.2, -0.15) is 0 Å². The van der Waals surface area contributed by atoms with E-state index >= 15 is 0 Å². The zero-order valence-corrected chi connectivity index (χ0v) is 9.52. The third-order valence-corrected chi connectivity index (χ3v) is 3.24. The molecule has 1 fully saturated rings. The summed E-state index contributed by atoms with van der Waals surface area (Å²) in [6.07, 6.45) is 5.14. The van der Waals surface area contributed by atoms with Crippen LogP contribution in [0.15, 0.2) is 12.5 Å². The van der Waals surface area contributed by atoms with Gasteiger partial charge in [-0.3, -0.25) is 4.79 Å². The average Bonchev–Trinajstić information content (AvgIpc) is 2.81. The third kappa shape index (κ3) is 2.09. The van der Waals surface area contributed by atoms with Gasteiger partial charge in [0.2, 0.25) is 0 Å². The maximum Gasteiger partial charge on any atom is 0.272 e. The molecule has 2 atom stereocenters. The summed E-state index contributed by atoms with van der Waals surface area (Å²) in [5, 5.41) is 0. The molecule has 2 rings (SSSR count). The summed E-state index contributed by atoms with van der Waals surface area (Å²) in [5.74, 6) is 0.666. The highest BCUT2D eigenvalue weighted by Gasteiger charge is 2.29. The lowest BCUT2D eigenvalue weighted by Crippen LogP contribution is -2.49. The Labute approximate surface area is 95.0 Å². The van der Waals surface area contributed by atoms with Gasteiger partial charge in [0.05, 0.1) is 12.5 Å². The first-order valence-corrected chi connectivity index (χ1v) is 5.71. The number of H-pyrrole nitrogens is 1. The van der Waals surface area contributed by atoms with Crippen LogP contribution in [0.4, 0.5) is 0 Å². The Kier molecular flexibility index (Phi) is 3.24. The monoisotopic (exact) mass is 222 g/mol. The number of piperidine rings is 1. The molecule has 0 aromatic carbocycles. The van der Waals surface area contributed by atoms with Crippen molar-refractivity contribution in [2.75, 3.05) is 13.1 Å². The molecule has 5 nitrogen and oxygen atoms in total. The number of aromatic nitrogens is 2. The molecule has 1 aromatic rings. The van der Waals surface area contributed by atoms with E-state index in [0.717, 1.165) is 19.4 Å². The number of nitrogens with zero attached hydrogens (tertiary/aromatic N) is 2. The molecule has 5 heteroatoms. The third-order valence-electron chi connectivity index (χ3n) is 3.24. The predicted molar refractivity (Wildman–Crippen MR) is 60.9 cm³/mol. The number of amides is 1. The smallest absolute Gasteiger partial charge is 0.272 e. The van der Waals surface area contributed by atoms with Gasteiger partial charge in [0.1, 0.15) is 5.69 Å². The lowest BCUT2D eigenvalue weighted by atomic mass is 9.92. The first-order valence-electron chi connectivity index (χ1n) is 5.71. The summed E-state index contributed by atoms with van der Waals surface area (Å²) in [6.45, 7) is 3.53. The lowest BCUT2D eigenvalue weighted by molar-refractivity contribution is 0.0568. The number of carbonyl (C=O) groups is 1. The van der Waals surface area contributed by atoms with E-state index < -0.39 is 0 Å². The van der Waals surface area contributed by atoms with Gasteiger partial charge < -0.3 is 15.6 Å². The van der Waals surface area contributed by atoms with Crippen LogP contribution in [0.25, 0.3) is 0 Å². The molecule has 0 spiro atoms. The minimum atomic E-state index is 0.0138. The molecule has 88 valence electrons. The van der Waals surface area contributed by atoms with Gasteiger partial charge >= 0.3 is 0 Å². The van der Waals surface area contributed by atoms with E-state index in [9.17, 15) is 4.79 Å². The van der Waals surface area contributed by atoms with Crippen molar-refractivity contribution < 1.29 is 4.79 Å². The van der Waals surface area contributed by atoms with E-state index in [1.165, 1.54) is 6.33 Å². The number of carbonyl (C=O) groups excluding carboxylic acids is 1. The van der Waals surface area contributed by atoms with Crippen LogP contribution in [-0.2, 0) is 0 Å². The van der Waals surface area contributed by atoms with Crippen molar-refractivity contribution in [1.29, 1.82) is 0 Å². The molecule has 3 N–H and O–H groups in total. The van der Waals surface area contributed by atoms with E-state index in [4.69, 9.17) is 5.73 Å². The normalized spacial score (nSPS) is 25.8. The zero-order valence-electron chi connectivity index (χ0n) is 9.52. The summed E-state index contributed by atoms with van der Waals surface area (Å²) in [6, 6.07) is 0.166. The van der Waals surface area contributed by atoms with Crippen molar-refractivity contribution in [1.82, 2.24) is 14.9 Å². The van der Waals surface area contributed by atoms with Crippen molar-refractivity contribution in [3.8, 4) is 0 Å². The molecule has 16 heavy (non-hydrogen) atoms. The minimum absolute atomic E-state index is 0.0138. The maximum absolute atomic E-state index is 12.1. The molecule has 1 aliphatic heterocycles. The standard InChI is InChI=1S/C11H18N4O/c1-8-2-3-15(9(4-8)5-12)11(16)10-6-13-7-14-10/h6-9H,2-5,12H2,1H3,(H,13,14). The summed E-state index contributed by atoms with van der Waals surface area (Å²) < 4.78 is 0. The Morgan fingerprint density at radius 1 is 1.75 bits per heavy atom. The first kappa shape index (κ1) is 11.1. The summed E-state index contributed by atoms with van der Waals surface area (Å²) in [7, 11) is 0. The Hall–Kier alpha value is -1.36. The number of likely N-dealkylation sites (tertiary alicyclic amines) is 1. The second-order valence-corrected chi connectivity index (χ2v) is 4.48. The highest BCUT2D eigenvalue weighted by atomic mass is 16.2. The Morgan fingerprint density at radius 2 is 2.56 bits per heavy atom. The van der Waals surface area contributed by atoms with Crippen LogP contribution < -0.4 is 5.73 Å². The SMILES string of the molecule is CC1CCN(C(=O)c2cnc[nH]2)C(CN)C1. The van der Waals surface area contributed by atoms with Crippen LogP contribution in [0.5, 0.6) is 0 Å². The Bertz CT molecular complexity index is 349. The van der Waals surface area contributed by atoms with Crippen LogP contribution in [-0.4, -0.2) is 39.9 Å². The largest absolute Gasteiger partial charge is 0.341 e. The van der Waals surface area contributed by atoms with Crippen molar-refractivity contribution in [3.05, 3.63) is 18.2 Å². The quantitative estimate of drug-likeness (QED) is 0.769. The highest BCUT2D eigenvalue weighted by Crippen LogP contribution is 2.23. The first-order chi connectivity index (χ1) is 7.72. The van der Waals surface area contributed by atoms with E-state index in [1.54, 1.807) is 6.20 Å². The number of rotatable bonds is 2. The molecule has 0 aliphatic carbocycles. The number of imidazole rings is 1. The van der Waals surface area contributed by atoms with Crippen LogP contribution in [0, 0.1) is 5.92 Å². The highest BCUT2D eigenvalue weighted by molar-refractivity contribution is 5.92. The van der Waals surface area contributed by atoms with Crippen molar-refractivity contribution in [2.24, 2.45) is 11.7 Å². The van der Waals surface area contributed by atoms with Gasteiger partial charge in [-0.25, -0.2) is 4.98 Å². The van der Waals surface area contributed by atoms with Gasteiger partial charge in [0.15, 0.2) is 0 Å². The maximum atomic E-state index is 12.1. The van der Waals surface area contributed by atoms with Crippen LogP contribution in [0.1, 0.15) is 30.3 Å². The second kappa shape index (κ2) is 4.65.